The van der Waals surface area contributed by atoms with Gasteiger partial charge in [-0.05, 0) is 18.4 Å². The molecule has 1 saturated heterocycles. The third-order valence-electron chi connectivity index (χ3n) is 5.12. The van der Waals surface area contributed by atoms with Gasteiger partial charge in [-0.1, -0.05) is 13.0 Å². The molecule has 1 aromatic carbocycles. The summed E-state index contributed by atoms with van der Waals surface area (Å²) in [5.74, 6) is 0.685. The second-order valence-electron chi connectivity index (χ2n) is 7.01. The molecule has 2 aliphatic rings. The van der Waals surface area contributed by atoms with Crippen LogP contribution in [0, 0.1) is 22.0 Å². The SMILES string of the molecule is C[C@H]1C[C@H]1C(=O)NCCC(=O)N1CCN(c2cccc([N+](=O)[O-])c2)CC1. The van der Waals surface area contributed by atoms with E-state index in [4.69, 9.17) is 0 Å². The first-order valence-corrected chi connectivity index (χ1v) is 9.00. The summed E-state index contributed by atoms with van der Waals surface area (Å²) in [6.07, 6.45) is 1.25. The first-order chi connectivity index (χ1) is 12.5. The Bertz CT molecular complexity index is 700. The van der Waals surface area contributed by atoms with Crippen LogP contribution in [0.3, 0.4) is 0 Å². The number of nitrogens with one attached hydrogen (secondary N) is 1. The average Bonchev–Trinajstić information content (AvgIpc) is 3.38. The number of hydrogen-bond acceptors (Lipinski definition) is 5. The number of carbonyl (C=O) groups excluding carboxylic acids is 2. The standard InChI is InChI=1S/C18H24N4O4/c1-13-11-16(13)18(24)19-6-5-17(23)21-9-7-20(8-10-21)14-3-2-4-15(12-14)22(25)26/h2-4,12-13,16H,5-11H2,1H3,(H,19,24)/t13-,16+/m0/s1. The maximum atomic E-state index is 12.3. The predicted molar refractivity (Wildman–Crippen MR) is 96.8 cm³/mol. The first kappa shape index (κ1) is 18.2. The van der Waals surface area contributed by atoms with Crippen LogP contribution in [0.25, 0.3) is 0 Å². The lowest BCUT2D eigenvalue weighted by Gasteiger charge is -2.36. The van der Waals surface area contributed by atoms with E-state index in [0.717, 1.165) is 12.1 Å². The van der Waals surface area contributed by atoms with E-state index in [1.54, 1.807) is 17.0 Å². The van der Waals surface area contributed by atoms with Crippen LogP contribution in [-0.4, -0.2) is 54.4 Å². The highest BCUT2D eigenvalue weighted by molar-refractivity contribution is 5.82. The number of carbonyl (C=O) groups is 2. The Labute approximate surface area is 152 Å². The number of nitro benzene ring substituents is 1. The average molecular weight is 360 g/mol. The van der Waals surface area contributed by atoms with Crippen LogP contribution in [-0.2, 0) is 9.59 Å². The number of rotatable bonds is 6. The Morgan fingerprint density at radius 2 is 1.96 bits per heavy atom. The molecule has 0 bridgehead atoms. The fourth-order valence-corrected chi connectivity index (χ4v) is 3.29. The minimum atomic E-state index is -0.403. The van der Waals surface area contributed by atoms with Crippen LogP contribution in [0.1, 0.15) is 19.8 Å². The third kappa shape index (κ3) is 4.30. The highest BCUT2D eigenvalue weighted by Gasteiger charge is 2.38. The molecule has 0 spiro atoms. The van der Waals surface area contributed by atoms with Gasteiger partial charge in [-0.3, -0.25) is 19.7 Å². The molecule has 140 valence electrons. The maximum Gasteiger partial charge on any atom is 0.271 e. The van der Waals surface area contributed by atoms with E-state index in [1.807, 2.05) is 11.0 Å². The van der Waals surface area contributed by atoms with Crippen molar-refractivity contribution in [2.24, 2.45) is 11.8 Å². The van der Waals surface area contributed by atoms with Gasteiger partial charge in [0.15, 0.2) is 0 Å². The van der Waals surface area contributed by atoms with Gasteiger partial charge in [0.25, 0.3) is 5.69 Å². The number of nitrogens with zero attached hydrogens (tertiary/aromatic N) is 3. The Kier molecular flexibility index (Phi) is 5.39. The zero-order valence-corrected chi connectivity index (χ0v) is 14.9. The fourth-order valence-electron chi connectivity index (χ4n) is 3.29. The van der Waals surface area contributed by atoms with Gasteiger partial charge in [0.2, 0.25) is 11.8 Å². The van der Waals surface area contributed by atoms with E-state index in [9.17, 15) is 19.7 Å². The highest BCUT2D eigenvalue weighted by atomic mass is 16.6. The lowest BCUT2D eigenvalue weighted by Crippen LogP contribution is -2.49. The second kappa shape index (κ2) is 7.72. The van der Waals surface area contributed by atoms with E-state index >= 15 is 0 Å². The van der Waals surface area contributed by atoms with Crippen molar-refractivity contribution in [3.8, 4) is 0 Å². The zero-order chi connectivity index (χ0) is 18.7. The van der Waals surface area contributed by atoms with Crippen molar-refractivity contribution < 1.29 is 14.5 Å². The van der Waals surface area contributed by atoms with Crippen LogP contribution in [0.5, 0.6) is 0 Å². The van der Waals surface area contributed by atoms with Crippen LogP contribution >= 0.6 is 0 Å². The van der Waals surface area contributed by atoms with Crippen molar-refractivity contribution in [2.75, 3.05) is 37.6 Å². The molecule has 2 fully saturated rings. The highest BCUT2D eigenvalue weighted by Crippen LogP contribution is 2.37. The smallest absolute Gasteiger partial charge is 0.271 e. The van der Waals surface area contributed by atoms with Crippen molar-refractivity contribution in [3.05, 3.63) is 34.4 Å². The first-order valence-electron chi connectivity index (χ1n) is 9.00. The molecule has 1 aromatic rings. The molecule has 1 aliphatic carbocycles. The maximum absolute atomic E-state index is 12.3. The van der Waals surface area contributed by atoms with Gasteiger partial charge in [0.1, 0.15) is 0 Å². The number of non-ortho nitro benzene ring substituents is 1. The summed E-state index contributed by atoms with van der Waals surface area (Å²) in [6.45, 7) is 4.87. The molecule has 0 radical (unpaired) electrons. The molecule has 8 heteroatoms. The van der Waals surface area contributed by atoms with E-state index in [0.29, 0.717) is 45.1 Å². The van der Waals surface area contributed by atoms with Gasteiger partial charge in [-0.25, -0.2) is 0 Å². The summed E-state index contributed by atoms with van der Waals surface area (Å²) in [4.78, 5) is 38.4. The Morgan fingerprint density at radius 3 is 2.58 bits per heavy atom. The molecule has 2 amide bonds. The molecule has 1 heterocycles. The molecular weight excluding hydrogens is 336 g/mol. The number of hydrogen-bond donors (Lipinski definition) is 1. The molecule has 8 nitrogen and oxygen atoms in total. The molecule has 0 aromatic heterocycles. The number of anilines is 1. The summed E-state index contributed by atoms with van der Waals surface area (Å²) in [5, 5.41) is 13.7. The number of piperazine rings is 1. The largest absolute Gasteiger partial charge is 0.368 e. The minimum Gasteiger partial charge on any atom is -0.368 e. The van der Waals surface area contributed by atoms with Crippen LogP contribution in [0.15, 0.2) is 24.3 Å². The zero-order valence-electron chi connectivity index (χ0n) is 14.9. The number of amides is 2. The summed E-state index contributed by atoms with van der Waals surface area (Å²) < 4.78 is 0. The summed E-state index contributed by atoms with van der Waals surface area (Å²) >= 11 is 0. The predicted octanol–water partition coefficient (Wildman–Crippen LogP) is 1.41. The number of benzene rings is 1. The summed E-state index contributed by atoms with van der Waals surface area (Å²) in [5.41, 5.74) is 0.874. The van der Waals surface area contributed by atoms with Gasteiger partial charge in [0, 0.05) is 62.9 Å². The van der Waals surface area contributed by atoms with Crippen molar-refractivity contribution in [3.63, 3.8) is 0 Å². The van der Waals surface area contributed by atoms with Crippen molar-refractivity contribution in [2.45, 2.75) is 19.8 Å². The van der Waals surface area contributed by atoms with E-state index in [1.165, 1.54) is 6.07 Å². The Morgan fingerprint density at radius 1 is 1.27 bits per heavy atom. The monoisotopic (exact) mass is 360 g/mol. The molecule has 26 heavy (non-hydrogen) atoms. The second-order valence-corrected chi connectivity index (χ2v) is 7.01. The summed E-state index contributed by atoms with van der Waals surface area (Å²) in [7, 11) is 0. The van der Waals surface area contributed by atoms with Crippen LogP contribution in [0.2, 0.25) is 0 Å². The van der Waals surface area contributed by atoms with Crippen molar-refractivity contribution >= 4 is 23.2 Å². The molecular formula is C18H24N4O4. The van der Waals surface area contributed by atoms with Gasteiger partial charge in [0.05, 0.1) is 4.92 Å². The molecule has 1 N–H and O–H groups in total. The Balaban J connectivity index is 1.43. The lowest BCUT2D eigenvalue weighted by molar-refractivity contribution is -0.384. The summed E-state index contributed by atoms with van der Waals surface area (Å²) in [6, 6.07) is 6.55. The van der Waals surface area contributed by atoms with E-state index in [-0.39, 0.29) is 23.4 Å². The van der Waals surface area contributed by atoms with Gasteiger partial charge in [-0.2, -0.15) is 0 Å². The van der Waals surface area contributed by atoms with Gasteiger partial charge >= 0.3 is 0 Å². The number of nitro groups is 1. The normalized spacial score (nSPS) is 22.0. The molecule has 0 unspecified atom stereocenters. The minimum absolute atomic E-state index is 0.0350. The molecule has 1 aliphatic heterocycles. The quantitative estimate of drug-likeness (QED) is 0.611. The van der Waals surface area contributed by atoms with Crippen LogP contribution < -0.4 is 10.2 Å². The Hall–Kier alpha value is -2.64. The van der Waals surface area contributed by atoms with Crippen molar-refractivity contribution in [1.82, 2.24) is 10.2 Å². The molecule has 1 saturated carbocycles. The third-order valence-corrected chi connectivity index (χ3v) is 5.12. The fraction of sp³-hybridized carbons (Fsp3) is 0.556. The van der Waals surface area contributed by atoms with E-state index < -0.39 is 4.92 Å². The lowest BCUT2D eigenvalue weighted by atomic mass is 10.2. The molecule has 3 rings (SSSR count). The van der Waals surface area contributed by atoms with Crippen molar-refractivity contribution in [1.29, 1.82) is 0 Å². The van der Waals surface area contributed by atoms with Gasteiger partial charge < -0.3 is 15.1 Å². The van der Waals surface area contributed by atoms with E-state index in [2.05, 4.69) is 12.2 Å². The van der Waals surface area contributed by atoms with Gasteiger partial charge in [-0.15, -0.1) is 0 Å². The molecule has 2 atom stereocenters. The topological polar surface area (TPSA) is 95.8 Å². The van der Waals surface area contributed by atoms with Crippen LogP contribution in [0.4, 0.5) is 11.4 Å².